The van der Waals surface area contributed by atoms with E-state index in [9.17, 15) is 14.4 Å². The lowest BCUT2D eigenvalue weighted by Gasteiger charge is -2.23. The van der Waals surface area contributed by atoms with Gasteiger partial charge in [-0.15, -0.1) is 14.9 Å². The molecule has 0 saturated carbocycles. The van der Waals surface area contributed by atoms with E-state index >= 15 is 0 Å². The maximum Gasteiger partial charge on any atom is 0.351 e. The number of imide groups is 2. The smallest absolute Gasteiger partial charge is 0.351 e. The fourth-order valence-corrected chi connectivity index (χ4v) is 2.70. The van der Waals surface area contributed by atoms with Gasteiger partial charge in [0.2, 0.25) is 11.9 Å². The van der Waals surface area contributed by atoms with Gasteiger partial charge in [-0.25, -0.2) is 9.78 Å². The summed E-state index contributed by atoms with van der Waals surface area (Å²) in [6.07, 6.45) is 2.36. The average molecular weight is 398 g/mol. The molecule has 4 amide bonds. The lowest BCUT2D eigenvalue weighted by atomic mass is 10.1. The van der Waals surface area contributed by atoms with Crippen molar-refractivity contribution in [1.82, 2.24) is 25.2 Å². The zero-order valence-electron chi connectivity index (χ0n) is 14.9. The third-order valence-corrected chi connectivity index (χ3v) is 3.95. The van der Waals surface area contributed by atoms with Gasteiger partial charge in [-0.1, -0.05) is 0 Å². The second-order valence-corrected chi connectivity index (χ2v) is 5.82. The Labute approximate surface area is 162 Å². The quantitative estimate of drug-likeness (QED) is 0.510. The van der Waals surface area contributed by atoms with Crippen molar-refractivity contribution >= 4 is 35.4 Å². The number of ether oxygens (including phenoxy) is 1. The molecule has 3 heterocycles. The van der Waals surface area contributed by atoms with Crippen LogP contribution in [0.5, 0.6) is 5.75 Å². The van der Waals surface area contributed by atoms with Crippen molar-refractivity contribution < 1.29 is 23.5 Å². The van der Waals surface area contributed by atoms with E-state index in [0.717, 1.165) is 4.79 Å². The molecular formula is C16H14N8O5. The highest BCUT2D eigenvalue weighted by Gasteiger charge is 2.34. The highest BCUT2D eigenvalue weighted by atomic mass is 16.5. The Morgan fingerprint density at radius 2 is 2.14 bits per heavy atom. The summed E-state index contributed by atoms with van der Waals surface area (Å²) in [5.74, 6) is -0.648. The Morgan fingerprint density at radius 1 is 1.31 bits per heavy atom. The van der Waals surface area contributed by atoms with Crippen molar-refractivity contribution in [1.29, 1.82) is 0 Å². The molecule has 4 rings (SSSR count). The summed E-state index contributed by atoms with van der Waals surface area (Å²) in [5.41, 5.74) is 7.01. The molecule has 148 valence electrons. The Balaban J connectivity index is 1.60. The van der Waals surface area contributed by atoms with Crippen molar-refractivity contribution in [2.45, 2.75) is 6.42 Å². The molecule has 4 N–H and O–H groups in total. The van der Waals surface area contributed by atoms with Crippen LogP contribution in [0.2, 0.25) is 0 Å². The zero-order chi connectivity index (χ0) is 20.5. The Bertz CT molecular complexity index is 1090. The molecule has 1 aliphatic heterocycles. The van der Waals surface area contributed by atoms with Gasteiger partial charge >= 0.3 is 6.03 Å². The summed E-state index contributed by atoms with van der Waals surface area (Å²) in [6.45, 7) is 0. The number of barbiturate groups is 1. The van der Waals surface area contributed by atoms with Crippen LogP contribution in [-0.2, 0) is 9.59 Å². The summed E-state index contributed by atoms with van der Waals surface area (Å²) >= 11 is 0. The number of urea groups is 1. The normalized spacial score (nSPS) is 14.1. The molecular weight excluding hydrogens is 384 g/mol. The molecule has 0 atom stereocenters. The topological polar surface area (TPSA) is 170 Å². The van der Waals surface area contributed by atoms with Gasteiger partial charge in [-0.3, -0.25) is 14.9 Å². The molecule has 0 radical (unpaired) electrons. The third-order valence-electron chi connectivity index (χ3n) is 3.95. The molecule has 0 unspecified atom stereocenters. The summed E-state index contributed by atoms with van der Waals surface area (Å²) in [6, 6.07) is 4.17. The van der Waals surface area contributed by atoms with E-state index in [2.05, 4.69) is 20.4 Å². The minimum atomic E-state index is -0.965. The van der Waals surface area contributed by atoms with Crippen LogP contribution >= 0.6 is 0 Å². The maximum absolute atomic E-state index is 12.0. The van der Waals surface area contributed by atoms with Gasteiger partial charge in [0.15, 0.2) is 12.2 Å². The van der Waals surface area contributed by atoms with Crippen molar-refractivity contribution in [2.75, 3.05) is 23.2 Å². The largest absolute Gasteiger partial charge is 0.496 e. The van der Waals surface area contributed by atoms with Crippen LogP contribution in [0.3, 0.4) is 0 Å². The molecule has 2 aromatic heterocycles. The third kappa shape index (κ3) is 3.31. The maximum atomic E-state index is 12.0. The van der Waals surface area contributed by atoms with Gasteiger partial charge in [0, 0.05) is 11.8 Å². The average Bonchev–Trinajstić information content (AvgIpc) is 3.31. The van der Waals surface area contributed by atoms with Crippen molar-refractivity contribution in [2.24, 2.45) is 0 Å². The van der Waals surface area contributed by atoms with Gasteiger partial charge in [-0.2, -0.15) is 4.98 Å². The van der Waals surface area contributed by atoms with Crippen LogP contribution in [0.1, 0.15) is 6.42 Å². The fourth-order valence-electron chi connectivity index (χ4n) is 2.70. The number of nitrogens with two attached hydrogens (primary N) is 1. The minimum Gasteiger partial charge on any atom is -0.496 e. The molecule has 0 bridgehead atoms. The zero-order valence-corrected chi connectivity index (χ0v) is 14.9. The summed E-state index contributed by atoms with van der Waals surface area (Å²) in [5, 5.41) is 9.53. The van der Waals surface area contributed by atoms with Gasteiger partial charge < -0.3 is 20.2 Å². The van der Waals surface area contributed by atoms with Gasteiger partial charge in [0.25, 0.3) is 11.9 Å². The summed E-state index contributed by atoms with van der Waals surface area (Å²) in [4.78, 5) is 43.9. The number of anilines is 3. The molecule has 0 spiro atoms. The lowest BCUT2D eigenvalue weighted by molar-refractivity contribution is -0.129. The Kier molecular flexibility index (Phi) is 4.31. The highest BCUT2D eigenvalue weighted by Crippen LogP contribution is 2.32. The summed E-state index contributed by atoms with van der Waals surface area (Å²) < 4.78 is 10.7. The van der Waals surface area contributed by atoms with E-state index < -0.39 is 24.3 Å². The second-order valence-electron chi connectivity index (χ2n) is 5.82. The highest BCUT2D eigenvalue weighted by molar-refractivity contribution is 6.22. The second kappa shape index (κ2) is 6.95. The monoisotopic (exact) mass is 398 g/mol. The number of rotatable bonds is 5. The van der Waals surface area contributed by atoms with E-state index in [4.69, 9.17) is 14.9 Å². The van der Waals surface area contributed by atoms with Crippen LogP contribution < -0.4 is 26.1 Å². The number of hydrogen-bond acceptors (Lipinski definition) is 10. The standard InChI is InChI=1S/C16H14N8O5/c1-28-10-4-8(2-3-9(10)11-6-18-7-29-11)19-15-21-14(17)24(22-15)23-13(26)5-12(25)20-16(23)27/h2-4,6-7H,5H2,1H3,(H,20,25,27)(H3,17,19,21,22). The molecule has 1 fully saturated rings. The first-order valence-electron chi connectivity index (χ1n) is 8.20. The Morgan fingerprint density at radius 3 is 2.83 bits per heavy atom. The van der Waals surface area contributed by atoms with Crippen LogP contribution in [-0.4, -0.2) is 44.8 Å². The van der Waals surface area contributed by atoms with Crippen LogP contribution in [0.25, 0.3) is 11.3 Å². The molecule has 0 aliphatic carbocycles. The number of carbonyl (C=O) groups is 3. The van der Waals surface area contributed by atoms with Crippen molar-refractivity contribution in [3.8, 4) is 17.1 Å². The number of carbonyl (C=O) groups excluding carboxylic acids is 3. The predicted octanol–water partition coefficient (Wildman–Crippen LogP) is 0.372. The molecule has 13 nitrogen and oxygen atoms in total. The van der Waals surface area contributed by atoms with E-state index in [-0.39, 0.29) is 11.9 Å². The molecule has 3 aromatic rings. The molecule has 13 heteroatoms. The molecule has 1 aliphatic rings. The van der Waals surface area contributed by atoms with Gasteiger partial charge in [-0.05, 0) is 12.1 Å². The first-order chi connectivity index (χ1) is 14.0. The lowest BCUT2D eigenvalue weighted by Crippen LogP contribution is -2.58. The van der Waals surface area contributed by atoms with E-state index in [1.807, 2.05) is 5.32 Å². The number of hydrogen-bond donors (Lipinski definition) is 3. The number of nitrogens with one attached hydrogen (secondary N) is 2. The predicted molar refractivity (Wildman–Crippen MR) is 97.6 cm³/mol. The number of aromatic nitrogens is 4. The van der Waals surface area contributed by atoms with E-state index in [0.29, 0.717) is 27.8 Å². The first-order valence-corrected chi connectivity index (χ1v) is 8.20. The number of nitrogens with zero attached hydrogens (tertiary/aromatic N) is 5. The van der Waals surface area contributed by atoms with Crippen LogP contribution in [0.4, 0.5) is 22.4 Å². The van der Waals surface area contributed by atoms with Gasteiger partial charge in [0.1, 0.15) is 12.2 Å². The SMILES string of the molecule is COc1cc(Nc2nc(N)n(N3C(=O)CC(=O)NC3=O)n2)ccc1-c1cnco1. The number of methoxy groups -OCH3 is 1. The Hall–Kier alpha value is -4.42. The van der Waals surface area contributed by atoms with Crippen molar-refractivity contribution in [3.63, 3.8) is 0 Å². The number of amides is 4. The molecule has 29 heavy (non-hydrogen) atoms. The van der Waals surface area contributed by atoms with E-state index in [1.165, 1.54) is 13.5 Å². The van der Waals surface area contributed by atoms with Gasteiger partial charge in [0.05, 0.1) is 18.9 Å². The number of benzene rings is 1. The first kappa shape index (κ1) is 18.0. The minimum absolute atomic E-state index is 0.0227. The van der Waals surface area contributed by atoms with Crippen LogP contribution in [0.15, 0.2) is 35.2 Å². The molecule has 1 aromatic carbocycles. The van der Waals surface area contributed by atoms with Crippen LogP contribution in [0, 0.1) is 0 Å². The fraction of sp³-hybridized carbons (Fsp3) is 0.125. The summed E-state index contributed by atoms with van der Waals surface area (Å²) in [7, 11) is 1.51. The molecule has 1 saturated heterocycles. The number of nitrogen functional groups attached to an aromatic ring is 1. The van der Waals surface area contributed by atoms with Crippen molar-refractivity contribution in [3.05, 3.63) is 30.8 Å². The van der Waals surface area contributed by atoms with E-state index in [1.54, 1.807) is 24.4 Å². The number of oxazole rings is 1.